The third kappa shape index (κ3) is 4.96. The predicted molar refractivity (Wildman–Crippen MR) is 117 cm³/mol. The van der Waals surface area contributed by atoms with E-state index in [9.17, 15) is 17.6 Å². The van der Waals surface area contributed by atoms with Gasteiger partial charge in [-0.05, 0) is 54.6 Å². The zero-order valence-electron chi connectivity index (χ0n) is 17.0. The molecule has 0 aliphatic carbocycles. The molecule has 7 nitrogen and oxygen atoms in total. The molecule has 32 heavy (non-hydrogen) atoms. The smallest absolute Gasteiger partial charge is 0.255 e. The Morgan fingerprint density at radius 3 is 2.34 bits per heavy atom. The van der Waals surface area contributed by atoms with Gasteiger partial charge in [-0.1, -0.05) is 18.2 Å². The van der Waals surface area contributed by atoms with Gasteiger partial charge in [0.05, 0.1) is 23.8 Å². The van der Waals surface area contributed by atoms with Gasteiger partial charge >= 0.3 is 0 Å². The summed E-state index contributed by atoms with van der Waals surface area (Å²) in [5.41, 5.74) is 0.583. The topological polar surface area (TPSA) is 84.9 Å². The van der Waals surface area contributed by atoms with Crippen LogP contribution >= 0.6 is 0 Å². The van der Waals surface area contributed by atoms with Crippen LogP contribution in [0, 0.1) is 5.82 Å². The normalized spacial score (nSPS) is 14.7. The number of nitrogens with one attached hydrogen (secondary N) is 1. The summed E-state index contributed by atoms with van der Waals surface area (Å²) in [4.78, 5) is 12.8. The number of morpholine rings is 1. The molecule has 1 aliphatic rings. The first-order valence-electron chi connectivity index (χ1n) is 9.95. The molecule has 3 aromatic rings. The van der Waals surface area contributed by atoms with Crippen molar-refractivity contribution in [3.8, 4) is 11.5 Å². The molecule has 0 aromatic heterocycles. The fraction of sp³-hybridized carbons (Fsp3) is 0.174. The molecule has 4 rings (SSSR count). The summed E-state index contributed by atoms with van der Waals surface area (Å²) in [6.45, 7) is 1.15. The van der Waals surface area contributed by atoms with Gasteiger partial charge in [-0.3, -0.25) is 4.79 Å². The van der Waals surface area contributed by atoms with E-state index in [1.54, 1.807) is 30.3 Å². The highest BCUT2D eigenvalue weighted by molar-refractivity contribution is 7.89. The van der Waals surface area contributed by atoms with Crippen LogP contribution < -0.4 is 10.1 Å². The van der Waals surface area contributed by atoms with E-state index in [0.717, 1.165) is 0 Å². The molecule has 1 N–H and O–H groups in total. The molecule has 0 radical (unpaired) electrons. The molecular weight excluding hydrogens is 435 g/mol. The summed E-state index contributed by atoms with van der Waals surface area (Å²) in [6.07, 6.45) is 0. The third-order valence-electron chi connectivity index (χ3n) is 4.88. The second-order valence-corrected chi connectivity index (χ2v) is 8.99. The van der Waals surface area contributed by atoms with Crippen LogP contribution in [0.15, 0.2) is 77.7 Å². The lowest BCUT2D eigenvalue weighted by molar-refractivity contribution is 0.0730. The van der Waals surface area contributed by atoms with Crippen LogP contribution in [-0.2, 0) is 14.8 Å². The van der Waals surface area contributed by atoms with Crippen molar-refractivity contribution in [2.75, 3.05) is 31.6 Å². The van der Waals surface area contributed by atoms with Crippen LogP contribution in [0.3, 0.4) is 0 Å². The number of carbonyl (C=O) groups is 1. The first-order chi connectivity index (χ1) is 15.4. The minimum absolute atomic E-state index is 0.0224. The molecule has 0 saturated carbocycles. The quantitative estimate of drug-likeness (QED) is 0.608. The lowest BCUT2D eigenvalue weighted by Crippen LogP contribution is -2.40. The summed E-state index contributed by atoms with van der Waals surface area (Å²) in [7, 11) is -3.78. The fourth-order valence-corrected chi connectivity index (χ4v) is 4.64. The molecule has 0 atom stereocenters. The van der Waals surface area contributed by atoms with Gasteiger partial charge in [-0.25, -0.2) is 12.8 Å². The Labute approximate surface area is 185 Å². The minimum atomic E-state index is -3.78. The van der Waals surface area contributed by atoms with E-state index < -0.39 is 21.7 Å². The fourth-order valence-electron chi connectivity index (χ4n) is 3.21. The molecule has 1 saturated heterocycles. The maximum atomic E-state index is 13.2. The van der Waals surface area contributed by atoms with Gasteiger partial charge in [-0.15, -0.1) is 0 Å². The summed E-state index contributed by atoms with van der Waals surface area (Å²) >= 11 is 0. The van der Waals surface area contributed by atoms with E-state index in [4.69, 9.17) is 9.47 Å². The van der Waals surface area contributed by atoms with Crippen molar-refractivity contribution in [1.29, 1.82) is 0 Å². The summed E-state index contributed by atoms with van der Waals surface area (Å²) in [5.74, 6) is -0.274. The maximum Gasteiger partial charge on any atom is 0.255 e. The van der Waals surface area contributed by atoms with Crippen molar-refractivity contribution >= 4 is 21.6 Å². The largest absolute Gasteiger partial charge is 0.455 e. The molecule has 0 bridgehead atoms. The van der Waals surface area contributed by atoms with Crippen molar-refractivity contribution < 1.29 is 27.1 Å². The number of nitrogens with zero attached hydrogens (tertiary/aromatic N) is 1. The van der Waals surface area contributed by atoms with Gasteiger partial charge in [0.2, 0.25) is 10.0 Å². The van der Waals surface area contributed by atoms with Crippen LogP contribution in [-0.4, -0.2) is 44.9 Å². The van der Waals surface area contributed by atoms with E-state index in [1.807, 2.05) is 0 Å². The van der Waals surface area contributed by atoms with Crippen LogP contribution in [0.2, 0.25) is 0 Å². The summed E-state index contributed by atoms with van der Waals surface area (Å²) < 4.78 is 51.8. The first-order valence-corrected chi connectivity index (χ1v) is 11.4. The molecule has 166 valence electrons. The van der Waals surface area contributed by atoms with Crippen LogP contribution in [0.25, 0.3) is 0 Å². The van der Waals surface area contributed by atoms with Gasteiger partial charge in [0.15, 0.2) is 5.75 Å². The molecule has 9 heteroatoms. The Bertz CT molecular complexity index is 1190. The Hall–Kier alpha value is -3.27. The van der Waals surface area contributed by atoms with Gasteiger partial charge in [-0.2, -0.15) is 4.31 Å². The molecule has 1 fully saturated rings. The Kier molecular flexibility index (Phi) is 6.50. The average molecular weight is 456 g/mol. The number of hydrogen-bond acceptors (Lipinski definition) is 5. The molecule has 3 aromatic carbocycles. The molecule has 0 spiro atoms. The number of amides is 1. The van der Waals surface area contributed by atoms with E-state index in [1.165, 1.54) is 46.8 Å². The van der Waals surface area contributed by atoms with E-state index in [2.05, 4.69) is 5.32 Å². The number of anilines is 1. The second-order valence-electron chi connectivity index (χ2n) is 7.05. The summed E-state index contributed by atoms with van der Waals surface area (Å²) in [6, 6.07) is 18.2. The number of sulfonamides is 1. The molecule has 0 unspecified atom stereocenters. The standard InChI is InChI=1S/C23H21FN2O5S/c24-18-6-8-19(9-7-18)31-22-11-10-20(32(28,29)26-12-14-30-15-13-26)16-21(22)25-23(27)17-4-2-1-3-5-17/h1-11,16H,12-15H2,(H,25,27). The van der Waals surface area contributed by atoms with Gasteiger partial charge in [0.25, 0.3) is 5.91 Å². The van der Waals surface area contributed by atoms with Crippen molar-refractivity contribution in [2.24, 2.45) is 0 Å². The highest BCUT2D eigenvalue weighted by Gasteiger charge is 2.27. The van der Waals surface area contributed by atoms with E-state index in [0.29, 0.717) is 24.5 Å². The average Bonchev–Trinajstić information content (AvgIpc) is 2.82. The van der Waals surface area contributed by atoms with Crippen molar-refractivity contribution in [2.45, 2.75) is 4.90 Å². The van der Waals surface area contributed by atoms with Crippen LogP contribution in [0.5, 0.6) is 11.5 Å². The molecular formula is C23H21FN2O5S. The number of benzene rings is 3. The highest BCUT2D eigenvalue weighted by atomic mass is 32.2. The minimum Gasteiger partial charge on any atom is -0.455 e. The van der Waals surface area contributed by atoms with Crippen LogP contribution in [0.4, 0.5) is 10.1 Å². The van der Waals surface area contributed by atoms with Gasteiger partial charge < -0.3 is 14.8 Å². The Morgan fingerprint density at radius 2 is 1.66 bits per heavy atom. The number of halogens is 1. The SMILES string of the molecule is O=C(Nc1cc(S(=O)(=O)N2CCOCC2)ccc1Oc1ccc(F)cc1)c1ccccc1. The number of carbonyl (C=O) groups excluding carboxylic acids is 1. The van der Waals surface area contributed by atoms with Crippen molar-refractivity contribution in [3.05, 3.63) is 84.2 Å². The predicted octanol–water partition coefficient (Wildman–Crippen LogP) is 3.89. The number of ether oxygens (including phenoxy) is 2. The second kappa shape index (κ2) is 9.47. The Balaban J connectivity index is 1.69. The van der Waals surface area contributed by atoms with Gasteiger partial charge in [0, 0.05) is 18.7 Å². The van der Waals surface area contributed by atoms with Crippen molar-refractivity contribution in [1.82, 2.24) is 4.31 Å². The van der Waals surface area contributed by atoms with Gasteiger partial charge in [0.1, 0.15) is 11.6 Å². The third-order valence-corrected chi connectivity index (χ3v) is 6.78. The van der Waals surface area contributed by atoms with E-state index >= 15 is 0 Å². The lowest BCUT2D eigenvalue weighted by Gasteiger charge is -2.26. The van der Waals surface area contributed by atoms with Crippen LogP contribution in [0.1, 0.15) is 10.4 Å². The van der Waals surface area contributed by atoms with Crippen molar-refractivity contribution in [3.63, 3.8) is 0 Å². The summed E-state index contributed by atoms with van der Waals surface area (Å²) in [5, 5.41) is 2.73. The number of rotatable bonds is 6. The van der Waals surface area contributed by atoms with E-state index in [-0.39, 0.29) is 29.4 Å². The Morgan fingerprint density at radius 1 is 0.969 bits per heavy atom. The number of hydrogen-bond donors (Lipinski definition) is 1. The molecule has 1 heterocycles. The maximum absolute atomic E-state index is 13.2. The zero-order valence-corrected chi connectivity index (χ0v) is 17.8. The zero-order chi connectivity index (χ0) is 22.6. The first kappa shape index (κ1) is 21.9. The lowest BCUT2D eigenvalue weighted by atomic mass is 10.2. The molecule has 1 amide bonds. The molecule has 1 aliphatic heterocycles. The highest BCUT2D eigenvalue weighted by Crippen LogP contribution is 2.33. The monoisotopic (exact) mass is 456 g/mol.